The predicted octanol–water partition coefficient (Wildman–Crippen LogP) is 4.75. The predicted molar refractivity (Wildman–Crippen MR) is 99.9 cm³/mol. The van der Waals surface area contributed by atoms with E-state index in [0.717, 1.165) is 0 Å². The Morgan fingerprint density at radius 3 is 2.41 bits per heavy atom. The number of nitrogens with zero attached hydrogens (tertiary/aromatic N) is 1. The van der Waals surface area contributed by atoms with Crippen LogP contribution in [0.1, 0.15) is 15.9 Å². The molecule has 0 fully saturated rings. The summed E-state index contributed by atoms with van der Waals surface area (Å²) in [4.78, 5) is 16.2. The van der Waals surface area contributed by atoms with Crippen LogP contribution in [0.15, 0.2) is 73.1 Å². The largest absolute Gasteiger partial charge is 0.484 e. The average Bonchev–Trinajstić information content (AvgIpc) is 2.72. The number of pyridine rings is 1. The Morgan fingerprint density at radius 2 is 1.72 bits per heavy atom. The van der Waals surface area contributed by atoms with Crippen molar-refractivity contribution in [2.24, 2.45) is 0 Å². The number of aromatic nitrogens is 1. The monoisotopic (exact) mass is 402 g/mol. The van der Waals surface area contributed by atoms with E-state index in [4.69, 9.17) is 9.47 Å². The molecule has 5 nitrogen and oxygen atoms in total. The number of hydrogen-bond acceptors (Lipinski definition) is 4. The SMILES string of the molecule is O=C(NCc1cccc(OCC(F)(F)F)c1)c1ccc(Oc2cccnc2)cc1. The molecule has 0 aliphatic rings. The van der Waals surface area contributed by atoms with Gasteiger partial charge in [0.2, 0.25) is 0 Å². The summed E-state index contributed by atoms with van der Waals surface area (Å²) in [7, 11) is 0. The van der Waals surface area contributed by atoms with E-state index in [1.807, 2.05) is 0 Å². The highest BCUT2D eigenvalue weighted by molar-refractivity contribution is 5.94. The van der Waals surface area contributed by atoms with E-state index in [2.05, 4.69) is 10.3 Å². The number of ether oxygens (including phenoxy) is 2. The molecule has 1 N–H and O–H groups in total. The fourth-order valence-electron chi connectivity index (χ4n) is 2.41. The average molecular weight is 402 g/mol. The zero-order valence-electron chi connectivity index (χ0n) is 15.1. The van der Waals surface area contributed by atoms with Crippen molar-refractivity contribution in [1.82, 2.24) is 10.3 Å². The molecule has 1 amide bonds. The first-order valence-electron chi connectivity index (χ1n) is 8.64. The first-order chi connectivity index (χ1) is 13.9. The summed E-state index contributed by atoms with van der Waals surface area (Å²) in [6.07, 6.45) is -1.19. The number of carbonyl (C=O) groups is 1. The van der Waals surface area contributed by atoms with Crippen molar-refractivity contribution < 1.29 is 27.4 Å². The van der Waals surface area contributed by atoms with Gasteiger partial charge in [-0.2, -0.15) is 13.2 Å². The van der Waals surface area contributed by atoms with Gasteiger partial charge in [-0.25, -0.2) is 0 Å². The van der Waals surface area contributed by atoms with Crippen LogP contribution in [0.25, 0.3) is 0 Å². The Kier molecular flexibility index (Phi) is 6.33. The molecule has 150 valence electrons. The zero-order chi connectivity index (χ0) is 20.7. The highest BCUT2D eigenvalue weighted by Gasteiger charge is 2.28. The third-order valence-electron chi connectivity index (χ3n) is 3.74. The van der Waals surface area contributed by atoms with E-state index in [1.54, 1.807) is 60.9 Å². The van der Waals surface area contributed by atoms with Crippen LogP contribution in [0.4, 0.5) is 13.2 Å². The first-order valence-corrected chi connectivity index (χ1v) is 8.64. The summed E-state index contributed by atoms with van der Waals surface area (Å²) in [6, 6.07) is 16.2. The molecular formula is C21H17F3N2O3. The van der Waals surface area contributed by atoms with E-state index >= 15 is 0 Å². The second-order valence-corrected chi connectivity index (χ2v) is 6.05. The minimum atomic E-state index is -4.41. The quantitative estimate of drug-likeness (QED) is 0.620. The number of halogens is 3. The molecule has 0 spiro atoms. The van der Waals surface area contributed by atoms with Gasteiger partial charge in [0.15, 0.2) is 6.61 Å². The van der Waals surface area contributed by atoms with Gasteiger partial charge < -0.3 is 14.8 Å². The van der Waals surface area contributed by atoms with Gasteiger partial charge in [-0.1, -0.05) is 12.1 Å². The summed E-state index contributed by atoms with van der Waals surface area (Å²) in [5.41, 5.74) is 1.04. The molecule has 3 rings (SSSR count). The van der Waals surface area contributed by atoms with Crippen LogP contribution in [0.2, 0.25) is 0 Å². The van der Waals surface area contributed by atoms with E-state index < -0.39 is 12.8 Å². The Hall–Kier alpha value is -3.55. The third kappa shape index (κ3) is 6.53. The number of hydrogen-bond donors (Lipinski definition) is 1. The summed E-state index contributed by atoms with van der Waals surface area (Å²) in [5, 5.41) is 2.72. The molecule has 2 aromatic carbocycles. The molecule has 0 atom stereocenters. The highest BCUT2D eigenvalue weighted by Crippen LogP contribution is 2.21. The molecule has 1 heterocycles. The number of amides is 1. The maximum atomic E-state index is 12.3. The van der Waals surface area contributed by atoms with Crippen LogP contribution in [0.3, 0.4) is 0 Å². The normalized spacial score (nSPS) is 11.0. The van der Waals surface area contributed by atoms with Crippen LogP contribution < -0.4 is 14.8 Å². The first kappa shape index (κ1) is 20.2. The van der Waals surface area contributed by atoms with Gasteiger partial charge in [0, 0.05) is 18.3 Å². The smallest absolute Gasteiger partial charge is 0.422 e. The van der Waals surface area contributed by atoms with Crippen molar-refractivity contribution in [3.8, 4) is 17.2 Å². The third-order valence-corrected chi connectivity index (χ3v) is 3.74. The van der Waals surface area contributed by atoms with Crippen molar-refractivity contribution in [2.45, 2.75) is 12.7 Å². The molecule has 1 aromatic heterocycles. The molecule has 0 bridgehead atoms. The van der Waals surface area contributed by atoms with Gasteiger partial charge in [-0.3, -0.25) is 9.78 Å². The molecule has 0 radical (unpaired) electrons. The standard InChI is InChI=1S/C21H17F3N2O3/c22-21(23,24)14-28-18-4-1-3-15(11-18)12-26-20(27)16-6-8-17(9-7-16)29-19-5-2-10-25-13-19/h1-11,13H,12,14H2,(H,26,27). The summed E-state index contributed by atoms with van der Waals surface area (Å²) in [6.45, 7) is -1.22. The topological polar surface area (TPSA) is 60.5 Å². The van der Waals surface area contributed by atoms with Crippen LogP contribution in [-0.4, -0.2) is 23.7 Å². The van der Waals surface area contributed by atoms with Crippen LogP contribution in [0.5, 0.6) is 17.2 Å². The van der Waals surface area contributed by atoms with E-state index in [1.165, 1.54) is 12.1 Å². The van der Waals surface area contributed by atoms with Gasteiger partial charge in [-0.15, -0.1) is 0 Å². The molecule has 8 heteroatoms. The number of nitrogens with one attached hydrogen (secondary N) is 1. The second kappa shape index (κ2) is 9.09. The van der Waals surface area contributed by atoms with Crippen molar-refractivity contribution in [1.29, 1.82) is 0 Å². The Bertz CT molecular complexity index is 945. The fraction of sp³-hybridized carbons (Fsp3) is 0.143. The maximum Gasteiger partial charge on any atom is 0.422 e. The second-order valence-electron chi connectivity index (χ2n) is 6.05. The molecule has 0 unspecified atom stereocenters. The lowest BCUT2D eigenvalue weighted by molar-refractivity contribution is -0.153. The van der Waals surface area contributed by atoms with Crippen molar-refractivity contribution in [2.75, 3.05) is 6.61 Å². The van der Waals surface area contributed by atoms with Gasteiger partial charge in [0.25, 0.3) is 5.91 Å². The fourth-order valence-corrected chi connectivity index (χ4v) is 2.41. The van der Waals surface area contributed by atoms with Crippen molar-refractivity contribution in [3.05, 3.63) is 84.2 Å². The van der Waals surface area contributed by atoms with Crippen LogP contribution in [0, 0.1) is 0 Å². The zero-order valence-corrected chi connectivity index (χ0v) is 15.1. The van der Waals surface area contributed by atoms with Gasteiger partial charge >= 0.3 is 6.18 Å². The number of carbonyl (C=O) groups excluding carboxylic acids is 1. The molecule has 0 saturated heterocycles. The summed E-state index contributed by atoms with van der Waals surface area (Å²) in [5.74, 6) is 0.909. The Balaban J connectivity index is 1.54. The molecular weight excluding hydrogens is 385 g/mol. The molecule has 29 heavy (non-hydrogen) atoms. The molecule has 3 aromatic rings. The van der Waals surface area contributed by atoms with Crippen molar-refractivity contribution >= 4 is 5.91 Å². The number of alkyl halides is 3. The summed E-state index contributed by atoms with van der Waals surface area (Å²) >= 11 is 0. The lowest BCUT2D eigenvalue weighted by Crippen LogP contribution is -2.23. The molecule has 0 aliphatic heterocycles. The number of rotatable bonds is 7. The lowest BCUT2D eigenvalue weighted by Gasteiger charge is -2.11. The molecule has 0 saturated carbocycles. The van der Waals surface area contributed by atoms with E-state index in [-0.39, 0.29) is 18.2 Å². The number of benzene rings is 2. The minimum absolute atomic E-state index is 0.0889. The summed E-state index contributed by atoms with van der Waals surface area (Å²) < 4.78 is 47.0. The lowest BCUT2D eigenvalue weighted by atomic mass is 10.2. The minimum Gasteiger partial charge on any atom is -0.484 e. The van der Waals surface area contributed by atoms with Gasteiger partial charge in [-0.05, 0) is 54.1 Å². The van der Waals surface area contributed by atoms with E-state index in [0.29, 0.717) is 22.6 Å². The van der Waals surface area contributed by atoms with Gasteiger partial charge in [0.05, 0.1) is 6.20 Å². The Morgan fingerprint density at radius 1 is 0.966 bits per heavy atom. The maximum absolute atomic E-state index is 12.3. The van der Waals surface area contributed by atoms with Crippen LogP contribution >= 0.6 is 0 Å². The highest BCUT2D eigenvalue weighted by atomic mass is 19.4. The van der Waals surface area contributed by atoms with E-state index in [9.17, 15) is 18.0 Å². The Labute approximate surface area is 165 Å². The van der Waals surface area contributed by atoms with Crippen LogP contribution in [-0.2, 0) is 6.54 Å². The van der Waals surface area contributed by atoms with Gasteiger partial charge in [0.1, 0.15) is 17.2 Å². The molecule has 0 aliphatic carbocycles. The van der Waals surface area contributed by atoms with Crippen molar-refractivity contribution in [3.63, 3.8) is 0 Å².